The molecule has 20 heavy (non-hydrogen) atoms. The fourth-order valence-electron chi connectivity index (χ4n) is 2.85. The van der Waals surface area contributed by atoms with Crippen LogP contribution in [0.3, 0.4) is 0 Å². The molecule has 0 spiro atoms. The van der Waals surface area contributed by atoms with Gasteiger partial charge in [0, 0.05) is 6.04 Å². The molecule has 2 atom stereocenters. The SMILES string of the molecule is CC(C)C1NC(=O)C(c2ccccc2)N(C2CC2)C1=O. The fraction of sp³-hybridized carbons (Fsp3) is 0.500. The molecule has 1 heterocycles. The van der Waals surface area contributed by atoms with Gasteiger partial charge in [-0.2, -0.15) is 0 Å². The minimum Gasteiger partial charge on any atom is -0.342 e. The Balaban J connectivity index is 1.96. The molecule has 2 aliphatic rings. The predicted molar refractivity (Wildman–Crippen MR) is 75.8 cm³/mol. The molecule has 1 aliphatic carbocycles. The van der Waals surface area contributed by atoms with Crippen molar-refractivity contribution in [2.24, 2.45) is 5.92 Å². The Morgan fingerprint density at radius 3 is 2.35 bits per heavy atom. The summed E-state index contributed by atoms with van der Waals surface area (Å²) >= 11 is 0. The van der Waals surface area contributed by atoms with Gasteiger partial charge in [0.1, 0.15) is 12.1 Å². The third-order valence-corrected chi connectivity index (χ3v) is 4.07. The maximum absolute atomic E-state index is 12.7. The van der Waals surface area contributed by atoms with E-state index in [0.717, 1.165) is 18.4 Å². The molecule has 0 bridgehead atoms. The van der Waals surface area contributed by atoms with Gasteiger partial charge >= 0.3 is 0 Å². The first-order chi connectivity index (χ1) is 9.59. The summed E-state index contributed by atoms with van der Waals surface area (Å²) in [7, 11) is 0. The lowest BCUT2D eigenvalue weighted by atomic mass is 9.94. The van der Waals surface area contributed by atoms with Gasteiger partial charge in [-0.3, -0.25) is 9.59 Å². The number of piperazine rings is 1. The standard InChI is InChI=1S/C16H20N2O2/c1-10(2)13-16(20)18(12-8-9-12)14(15(19)17-13)11-6-4-3-5-7-11/h3-7,10,12-14H,8-9H2,1-2H3,(H,17,19). The zero-order chi connectivity index (χ0) is 14.3. The largest absolute Gasteiger partial charge is 0.342 e. The first-order valence-corrected chi connectivity index (χ1v) is 7.27. The Hall–Kier alpha value is -1.84. The van der Waals surface area contributed by atoms with Gasteiger partial charge in [0.05, 0.1) is 0 Å². The Morgan fingerprint density at radius 2 is 1.80 bits per heavy atom. The second-order valence-corrected chi connectivity index (χ2v) is 6.02. The lowest BCUT2D eigenvalue weighted by Crippen LogP contribution is -2.61. The zero-order valence-electron chi connectivity index (χ0n) is 11.9. The second kappa shape index (κ2) is 4.93. The van der Waals surface area contributed by atoms with Crippen molar-refractivity contribution in [1.82, 2.24) is 10.2 Å². The van der Waals surface area contributed by atoms with Crippen molar-refractivity contribution in [1.29, 1.82) is 0 Å². The number of nitrogens with zero attached hydrogens (tertiary/aromatic N) is 1. The van der Waals surface area contributed by atoms with Gasteiger partial charge in [-0.1, -0.05) is 44.2 Å². The molecule has 2 unspecified atom stereocenters. The number of amides is 2. The summed E-state index contributed by atoms with van der Waals surface area (Å²) in [4.78, 5) is 27.0. The van der Waals surface area contributed by atoms with E-state index in [1.807, 2.05) is 49.1 Å². The zero-order valence-corrected chi connectivity index (χ0v) is 11.9. The number of nitrogens with one attached hydrogen (secondary N) is 1. The molecule has 1 aromatic rings. The lowest BCUT2D eigenvalue weighted by molar-refractivity contribution is -0.151. The van der Waals surface area contributed by atoms with Crippen LogP contribution in [0.2, 0.25) is 0 Å². The molecule has 1 aromatic carbocycles. The first kappa shape index (κ1) is 13.2. The summed E-state index contributed by atoms with van der Waals surface area (Å²) in [6, 6.07) is 8.96. The highest BCUT2D eigenvalue weighted by atomic mass is 16.2. The van der Waals surface area contributed by atoms with Crippen molar-refractivity contribution < 1.29 is 9.59 Å². The molecule has 4 heteroatoms. The van der Waals surface area contributed by atoms with E-state index in [1.54, 1.807) is 0 Å². The Morgan fingerprint density at radius 1 is 1.15 bits per heavy atom. The van der Waals surface area contributed by atoms with Crippen LogP contribution in [0.25, 0.3) is 0 Å². The van der Waals surface area contributed by atoms with Crippen molar-refractivity contribution in [2.75, 3.05) is 0 Å². The highest BCUT2D eigenvalue weighted by Crippen LogP contribution is 2.37. The van der Waals surface area contributed by atoms with Crippen LogP contribution in [0.1, 0.15) is 38.3 Å². The maximum Gasteiger partial charge on any atom is 0.248 e. The second-order valence-electron chi connectivity index (χ2n) is 6.02. The summed E-state index contributed by atoms with van der Waals surface area (Å²) in [5.74, 6) is 0.127. The van der Waals surface area contributed by atoms with Crippen LogP contribution in [-0.4, -0.2) is 28.8 Å². The van der Waals surface area contributed by atoms with E-state index in [4.69, 9.17) is 0 Å². The minimum absolute atomic E-state index is 0.0543. The third-order valence-electron chi connectivity index (χ3n) is 4.07. The van der Waals surface area contributed by atoms with Gasteiger partial charge in [0.2, 0.25) is 11.8 Å². The van der Waals surface area contributed by atoms with E-state index in [9.17, 15) is 9.59 Å². The summed E-state index contributed by atoms with van der Waals surface area (Å²) in [6.07, 6.45) is 2.01. The third kappa shape index (κ3) is 2.19. The monoisotopic (exact) mass is 272 g/mol. The van der Waals surface area contributed by atoms with Crippen LogP contribution in [-0.2, 0) is 9.59 Å². The molecule has 106 valence electrons. The van der Waals surface area contributed by atoms with Crippen LogP contribution in [0, 0.1) is 5.92 Å². The summed E-state index contributed by atoms with van der Waals surface area (Å²) < 4.78 is 0. The summed E-state index contributed by atoms with van der Waals surface area (Å²) in [5.41, 5.74) is 0.896. The van der Waals surface area contributed by atoms with Gasteiger partial charge in [0.15, 0.2) is 0 Å². The number of hydrogen-bond donors (Lipinski definition) is 1. The lowest BCUT2D eigenvalue weighted by Gasteiger charge is -2.40. The van der Waals surface area contributed by atoms with E-state index in [0.29, 0.717) is 0 Å². The van der Waals surface area contributed by atoms with Crippen molar-refractivity contribution in [3.8, 4) is 0 Å². The molecular formula is C16H20N2O2. The van der Waals surface area contributed by atoms with E-state index < -0.39 is 6.04 Å². The average molecular weight is 272 g/mol. The highest BCUT2D eigenvalue weighted by molar-refractivity contribution is 5.98. The van der Waals surface area contributed by atoms with Crippen molar-refractivity contribution >= 4 is 11.8 Å². The molecule has 2 amide bonds. The molecule has 1 saturated heterocycles. The van der Waals surface area contributed by atoms with Gasteiger partial charge in [-0.05, 0) is 24.3 Å². The van der Waals surface area contributed by atoms with Crippen LogP contribution in [0.5, 0.6) is 0 Å². The van der Waals surface area contributed by atoms with Gasteiger partial charge in [-0.15, -0.1) is 0 Å². The Bertz CT molecular complexity index is 523. The molecule has 0 radical (unpaired) electrons. The Labute approximate surface area is 119 Å². The van der Waals surface area contributed by atoms with Gasteiger partial charge in [-0.25, -0.2) is 0 Å². The Kier molecular flexibility index (Phi) is 3.24. The van der Waals surface area contributed by atoms with Gasteiger partial charge < -0.3 is 10.2 Å². The molecular weight excluding hydrogens is 252 g/mol. The molecule has 3 rings (SSSR count). The van der Waals surface area contributed by atoms with Crippen LogP contribution in [0.15, 0.2) is 30.3 Å². The average Bonchev–Trinajstić information content (AvgIpc) is 3.25. The van der Waals surface area contributed by atoms with E-state index in [2.05, 4.69) is 5.32 Å². The highest BCUT2D eigenvalue weighted by Gasteiger charge is 2.48. The summed E-state index contributed by atoms with van der Waals surface area (Å²) in [6.45, 7) is 3.94. The topological polar surface area (TPSA) is 49.4 Å². The fourth-order valence-corrected chi connectivity index (χ4v) is 2.85. The number of rotatable bonds is 3. The molecule has 1 saturated carbocycles. The summed E-state index contributed by atoms with van der Waals surface area (Å²) in [5, 5.41) is 2.90. The van der Waals surface area contributed by atoms with Crippen LogP contribution < -0.4 is 5.32 Å². The number of benzene rings is 1. The predicted octanol–water partition coefficient (Wildman–Crippen LogP) is 1.87. The van der Waals surface area contributed by atoms with E-state index in [-0.39, 0.29) is 29.8 Å². The van der Waals surface area contributed by atoms with Crippen LogP contribution >= 0.6 is 0 Å². The van der Waals surface area contributed by atoms with Crippen molar-refractivity contribution in [3.63, 3.8) is 0 Å². The van der Waals surface area contributed by atoms with Crippen molar-refractivity contribution in [2.45, 2.75) is 44.8 Å². The van der Waals surface area contributed by atoms with Crippen molar-refractivity contribution in [3.05, 3.63) is 35.9 Å². The minimum atomic E-state index is -0.466. The number of carbonyl (C=O) groups excluding carboxylic acids is 2. The number of carbonyl (C=O) groups is 2. The quantitative estimate of drug-likeness (QED) is 0.913. The van der Waals surface area contributed by atoms with E-state index >= 15 is 0 Å². The molecule has 0 aromatic heterocycles. The first-order valence-electron chi connectivity index (χ1n) is 7.27. The van der Waals surface area contributed by atoms with E-state index in [1.165, 1.54) is 0 Å². The molecule has 1 aliphatic heterocycles. The van der Waals surface area contributed by atoms with Crippen LogP contribution in [0.4, 0.5) is 0 Å². The smallest absolute Gasteiger partial charge is 0.248 e. The van der Waals surface area contributed by atoms with Gasteiger partial charge in [0.25, 0.3) is 0 Å². The normalized spacial score (nSPS) is 26.9. The molecule has 2 fully saturated rings. The maximum atomic E-state index is 12.7. The molecule has 4 nitrogen and oxygen atoms in total. The number of hydrogen-bond acceptors (Lipinski definition) is 2. The molecule has 1 N–H and O–H groups in total.